The molecule has 0 amide bonds. The summed E-state index contributed by atoms with van der Waals surface area (Å²) in [5.41, 5.74) is 0. The van der Waals surface area contributed by atoms with Gasteiger partial charge in [0.2, 0.25) is 0 Å². The number of carbonyl (C=O) groups is 3. The molecule has 0 saturated heterocycles. The molecular formula is C55H80O6. The van der Waals surface area contributed by atoms with E-state index in [1.807, 2.05) is 103 Å². The molecule has 0 fully saturated rings. The Kier molecular flexibility index (Phi) is 43.8. The number of ether oxygens (including phenoxy) is 3. The van der Waals surface area contributed by atoms with E-state index in [-0.39, 0.29) is 44.0 Å². The van der Waals surface area contributed by atoms with Crippen LogP contribution in [0.5, 0.6) is 0 Å². The summed E-state index contributed by atoms with van der Waals surface area (Å²) in [6, 6.07) is 0. The van der Waals surface area contributed by atoms with Gasteiger partial charge in [0.25, 0.3) is 0 Å². The molecule has 336 valence electrons. The van der Waals surface area contributed by atoms with Crippen molar-refractivity contribution >= 4 is 17.9 Å². The minimum atomic E-state index is -0.832. The molecule has 0 rings (SSSR count). The molecule has 0 aliphatic carbocycles. The average Bonchev–Trinajstić information content (AvgIpc) is 3.26. The lowest BCUT2D eigenvalue weighted by Gasteiger charge is -2.18. The van der Waals surface area contributed by atoms with Crippen molar-refractivity contribution in [1.82, 2.24) is 0 Å². The molecule has 6 nitrogen and oxygen atoms in total. The summed E-state index contributed by atoms with van der Waals surface area (Å²) in [7, 11) is 0. The van der Waals surface area contributed by atoms with Crippen molar-refractivity contribution in [2.75, 3.05) is 13.2 Å². The molecule has 0 aromatic rings. The van der Waals surface area contributed by atoms with E-state index in [9.17, 15) is 14.4 Å². The topological polar surface area (TPSA) is 78.9 Å². The van der Waals surface area contributed by atoms with Crippen LogP contribution in [0.1, 0.15) is 149 Å². The molecule has 0 N–H and O–H groups in total. The largest absolute Gasteiger partial charge is 0.462 e. The molecule has 0 saturated carbocycles. The van der Waals surface area contributed by atoms with Crippen molar-refractivity contribution in [3.05, 3.63) is 158 Å². The van der Waals surface area contributed by atoms with Crippen molar-refractivity contribution < 1.29 is 28.6 Å². The normalized spacial score (nSPS) is 13.6. The first-order chi connectivity index (χ1) is 30.0. The lowest BCUT2D eigenvalue weighted by atomic mass is 10.1. The maximum Gasteiger partial charge on any atom is 0.306 e. The second-order valence-corrected chi connectivity index (χ2v) is 14.5. The highest BCUT2D eigenvalue weighted by Gasteiger charge is 2.19. The first kappa shape index (κ1) is 56.0. The van der Waals surface area contributed by atoms with E-state index in [2.05, 4.69) is 75.5 Å². The highest BCUT2D eigenvalue weighted by molar-refractivity contribution is 5.71. The van der Waals surface area contributed by atoms with Crippen LogP contribution in [0, 0.1) is 0 Å². The van der Waals surface area contributed by atoms with Crippen LogP contribution < -0.4 is 0 Å². The van der Waals surface area contributed by atoms with E-state index in [1.54, 1.807) is 0 Å². The number of allylic oxidation sites excluding steroid dienone is 26. The van der Waals surface area contributed by atoms with E-state index in [1.165, 1.54) is 0 Å². The van der Waals surface area contributed by atoms with Gasteiger partial charge in [0.05, 0.1) is 0 Å². The van der Waals surface area contributed by atoms with Crippen molar-refractivity contribution in [2.24, 2.45) is 0 Å². The van der Waals surface area contributed by atoms with Gasteiger partial charge in [0, 0.05) is 19.3 Å². The average molecular weight is 837 g/mol. The minimum absolute atomic E-state index is 0.128. The molecule has 1 unspecified atom stereocenters. The highest BCUT2D eigenvalue weighted by Crippen LogP contribution is 2.11. The third-order valence-electron chi connectivity index (χ3n) is 8.83. The Balaban J connectivity index is 4.62. The number of hydrogen-bond donors (Lipinski definition) is 0. The van der Waals surface area contributed by atoms with Gasteiger partial charge < -0.3 is 14.2 Å². The summed E-state index contributed by atoms with van der Waals surface area (Å²) in [5.74, 6) is -1.05. The quantitative estimate of drug-likeness (QED) is 0.0267. The van der Waals surface area contributed by atoms with Crippen LogP contribution in [0.15, 0.2) is 158 Å². The first-order valence-electron chi connectivity index (χ1n) is 23.2. The Labute approximate surface area is 371 Å². The summed E-state index contributed by atoms with van der Waals surface area (Å²) >= 11 is 0. The Bertz CT molecular complexity index is 1470. The number of esters is 3. The molecule has 0 aromatic carbocycles. The summed E-state index contributed by atoms with van der Waals surface area (Å²) < 4.78 is 16.6. The Morgan fingerprint density at radius 2 is 0.590 bits per heavy atom. The van der Waals surface area contributed by atoms with Gasteiger partial charge >= 0.3 is 17.9 Å². The lowest BCUT2D eigenvalue weighted by molar-refractivity contribution is -0.167. The third kappa shape index (κ3) is 46.0. The molecule has 61 heavy (non-hydrogen) atoms. The molecule has 0 spiro atoms. The van der Waals surface area contributed by atoms with Crippen LogP contribution in [-0.4, -0.2) is 37.2 Å². The van der Waals surface area contributed by atoms with Gasteiger partial charge in [0.15, 0.2) is 6.10 Å². The van der Waals surface area contributed by atoms with Crippen molar-refractivity contribution in [3.63, 3.8) is 0 Å². The van der Waals surface area contributed by atoms with Crippen LogP contribution in [0.2, 0.25) is 0 Å². The van der Waals surface area contributed by atoms with Crippen LogP contribution in [-0.2, 0) is 28.6 Å². The van der Waals surface area contributed by atoms with Crippen LogP contribution in [0.4, 0.5) is 0 Å². The zero-order valence-corrected chi connectivity index (χ0v) is 38.1. The molecule has 0 aliphatic heterocycles. The van der Waals surface area contributed by atoms with Gasteiger partial charge in [-0.25, -0.2) is 0 Å². The Hall–Kier alpha value is -4.97. The van der Waals surface area contributed by atoms with E-state index in [0.29, 0.717) is 19.3 Å². The van der Waals surface area contributed by atoms with Gasteiger partial charge in [-0.3, -0.25) is 14.4 Å². The molecule has 1 atom stereocenters. The Morgan fingerprint density at radius 3 is 0.934 bits per heavy atom. The van der Waals surface area contributed by atoms with Crippen LogP contribution >= 0.6 is 0 Å². The standard InChI is InChI=1S/C55H80O6/c1-4-7-10-13-16-19-22-25-26-27-28-31-33-36-39-42-45-48-54(57)60-51-52(61-55(58)49-46-43-40-37-34-30-24-21-18-15-12-9-6-3)50-59-53(56)47-44-41-38-35-32-29-23-20-17-14-11-8-5-2/h7-28,30-31,33-34,52H,4-6,29,32,35-51H2,1-3H3/b10-7+,11-8+,12-9+,16-13+,17-14+,18-15+,22-19+,23-20+,24-21+,26-25+,28-27+,33-31+,34-30+. The molecule has 6 heteroatoms. The smallest absolute Gasteiger partial charge is 0.306 e. The highest BCUT2D eigenvalue weighted by atomic mass is 16.6. The number of hydrogen-bond acceptors (Lipinski definition) is 6. The van der Waals surface area contributed by atoms with Crippen LogP contribution in [0.3, 0.4) is 0 Å². The van der Waals surface area contributed by atoms with Gasteiger partial charge in [0.1, 0.15) is 13.2 Å². The minimum Gasteiger partial charge on any atom is -0.462 e. The molecule has 0 aliphatic rings. The van der Waals surface area contributed by atoms with Gasteiger partial charge in [-0.15, -0.1) is 0 Å². The fourth-order valence-corrected chi connectivity index (χ4v) is 5.42. The van der Waals surface area contributed by atoms with E-state index >= 15 is 0 Å². The number of rotatable bonds is 38. The van der Waals surface area contributed by atoms with Crippen molar-refractivity contribution in [1.29, 1.82) is 0 Å². The summed E-state index contributed by atoms with van der Waals surface area (Å²) in [5, 5.41) is 0. The predicted octanol–water partition coefficient (Wildman–Crippen LogP) is 15.1. The lowest BCUT2D eigenvalue weighted by Crippen LogP contribution is -2.30. The molecular weight excluding hydrogens is 757 g/mol. The van der Waals surface area contributed by atoms with E-state index < -0.39 is 6.10 Å². The monoisotopic (exact) mass is 837 g/mol. The SMILES string of the molecule is CC/C=C/C=C/C=C/C=C/C=C/C=C/CCCCCC(=O)OCC(COC(=O)CCCCCCC/C=C/C=C/C=C/CC)OC(=O)CCCCC/C=C/C=C/C=C/C=C/CC. The Morgan fingerprint density at radius 1 is 0.328 bits per heavy atom. The summed E-state index contributed by atoms with van der Waals surface area (Å²) in [6.45, 7) is 6.08. The number of carbonyl (C=O) groups excluding carboxylic acids is 3. The molecule has 0 bridgehead atoms. The van der Waals surface area contributed by atoms with Gasteiger partial charge in [-0.1, -0.05) is 211 Å². The summed E-state index contributed by atoms with van der Waals surface area (Å²) in [6.07, 6.45) is 69.3. The zero-order chi connectivity index (χ0) is 44.4. The zero-order valence-electron chi connectivity index (χ0n) is 38.1. The van der Waals surface area contributed by atoms with Crippen LogP contribution in [0.25, 0.3) is 0 Å². The predicted molar refractivity (Wildman–Crippen MR) is 260 cm³/mol. The number of unbranched alkanes of at least 4 members (excludes halogenated alkanes) is 11. The second-order valence-electron chi connectivity index (χ2n) is 14.5. The second kappa shape index (κ2) is 47.7. The van der Waals surface area contributed by atoms with E-state index in [4.69, 9.17) is 14.2 Å². The maximum absolute atomic E-state index is 12.7. The first-order valence-corrected chi connectivity index (χ1v) is 23.2. The van der Waals surface area contributed by atoms with Crippen molar-refractivity contribution in [2.45, 2.75) is 155 Å². The fraction of sp³-hybridized carbons (Fsp3) is 0.473. The van der Waals surface area contributed by atoms with Gasteiger partial charge in [-0.05, 0) is 77.0 Å². The molecule has 0 heterocycles. The summed E-state index contributed by atoms with van der Waals surface area (Å²) in [4.78, 5) is 37.8. The van der Waals surface area contributed by atoms with Crippen molar-refractivity contribution in [3.8, 4) is 0 Å². The fourth-order valence-electron chi connectivity index (χ4n) is 5.42. The van der Waals surface area contributed by atoms with Gasteiger partial charge in [-0.2, -0.15) is 0 Å². The molecule has 0 radical (unpaired) electrons. The maximum atomic E-state index is 12.7. The third-order valence-corrected chi connectivity index (χ3v) is 8.83. The van der Waals surface area contributed by atoms with E-state index in [0.717, 1.165) is 96.3 Å². The molecule has 0 aromatic heterocycles.